The fourth-order valence-electron chi connectivity index (χ4n) is 5.33. The van der Waals surface area contributed by atoms with Crippen LogP contribution < -0.4 is 5.56 Å². The molecule has 1 saturated carbocycles. The zero-order chi connectivity index (χ0) is 25.4. The van der Waals surface area contributed by atoms with Crippen LogP contribution in [0.1, 0.15) is 76.7 Å². The molecular formula is C29H30N4O3. The van der Waals surface area contributed by atoms with E-state index in [2.05, 4.69) is 4.57 Å². The monoisotopic (exact) mass is 482 g/mol. The van der Waals surface area contributed by atoms with Gasteiger partial charge in [-0.3, -0.25) is 4.79 Å². The van der Waals surface area contributed by atoms with Gasteiger partial charge in [0.25, 0.3) is 5.56 Å². The number of carbonyl (C=O) groups is 1. The molecule has 7 heteroatoms. The van der Waals surface area contributed by atoms with E-state index in [9.17, 15) is 14.7 Å². The Bertz CT molecular complexity index is 1560. The Hall–Kier alpha value is -4.00. The minimum absolute atomic E-state index is 0.147. The standard InChI is InChI=1S/C29H30N4O3/c1-18-15-22(29(35)36)13-14-26(18)32-19(2)16-23(20(32)3)17-30-33-27(21-9-5-4-6-10-21)31-25-12-8-7-11-24(25)28(33)34/h7-8,11-17,21H,4-6,9-10H2,1-3H3,(H,35,36). The molecule has 0 amide bonds. The van der Waals surface area contributed by atoms with E-state index in [0.29, 0.717) is 10.9 Å². The van der Waals surface area contributed by atoms with Gasteiger partial charge in [0.15, 0.2) is 0 Å². The summed E-state index contributed by atoms with van der Waals surface area (Å²) in [5.74, 6) is 0.0150. The first-order valence-electron chi connectivity index (χ1n) is 12.4. The number of aromatic nitrogens is 3. The second-order valence-electron chi connectivity index (χ2n) is 9.65. The third-order valence-corrected chi connectivity index (χ3v) is 7.22. The van der Waals surface area contributed by atoms with Gasteiger partial charge in [-0.15, -0.1) is 0 Å². The van der Waals surface area contributed by atoms with Gasteiger partial charge in [-0.1, -0.05) is 31.4 Å². The molecule has 2 aromatic carbocycles. The number of hydrogen-bond donors (Lipinski definition) is 1. The molecule has 1 N–H and O–H groups in total. The highest BCUT2D eigenvalue weighted by molar-refractivity contribution is 5.88. The van der Waals surface area contributed by atoms with Gasteiger partial charge in [-0.05, 0) is 75.6 Å². The Morgan fingerprint density at radius 1 is 1.06 bits per heavy atom. The zero-order valence-corrected chi connectivity index (χ0v) is 20.9. The lowest BCUT2D eigenvalue weighted by atomic mass is 9.88. The van der Waals surface area contributed by atoms with Crippen molar-refractivity contribution in [2.24, 2.45) is 5.10 Å². The molecule has 1 aliphatic rings. The van der Waals surface area contributed by atoms with E-state index >= 15 is 0 Å². The highest BCUT2D eigenvalue weighted by atomic mass is 16.4. The van der Waals surface area contributed by atoms with Crippen LogP contribution in [0.5, 0.6) is 0 Å². The molecule has 0 saturated heterocycles. The quantitative estimate of drug-likeness (QED) is 0.367. The minimum Gasteiger partial charge on any atom is -0.478 e. The lowest BCUT2D eigenvalue weighted by Gasteiger charge is -2.22. The Kier molecular flexibility index (Phi) is 6.31. The Labute approximate surface area is 209 Å². The van der Waals surface area contributed by atoms with E-state index < -0.39 is 5.97 Å². The van der Waals surface area contributed by atoms with Gasteiger partial charge >= 0.3 is 5.97 Å². The molecule has 7 nitrogen and oxygen atoms in total. The summed E-state index contributed by atoms with van der Waals surface area (Å²) in [6.45, 7) is 5.92. The van der Waals surface area contributed by atoms with Gasteiger partial charge in [-0.2, -0.15) is 9.78 Å². The Morgan fingerprint density at radius 2 is 1.81 bits per heavy atom. The van der Waals surface area contributed by atoms with Crippen molar-refractivity contribution in [3.63, 3.8) is 0 Å². The number of rotatable bonds is 5. The number of aryl methyl sites for hydroxylation is 2. The molecule has 0 unspecified atom stereocenters. The maximum atomic E-state index is 13.5. The second-order valence-corrected chi connectivity index (χ2v) is 9.65. The Morgan fingerprint density at radius 3 is 2.53 bits per heavy atom. The third kappa shape index (κ3) is 4.26. The smallest absolute Gasteiger partial charge is 0.335 e. The van der Waals surface area contributed by atoms with Gasteiger partial charge < -0.3 is 9.67 Å². The summed E-state index contributed by atoms with van der Waals surface area (Å²) in [5.41, 5.74) is 5.47. The van der Waals surface area contributed by atoms with Crippen molar-refractivity contribution in [2.45, 2.75) is 58.8 Å². The van der Waals surface area contributed by atoms with Crippen LogP contribution in [0.15, 0.2) is 58.4 Å². The summed E-state index contributed by atoms with van der Waals surface area (Å²) < 4.78 is 3.59. The van der Waals surface area contributed by atoms with E-state index in [0.717, 1.165) is 59.7 Å². The molecular weight excluding hydrogens is 452 g/mol. The predicted octanol–water partition coefficient (Wildman–Crippen LogP) is 5.74. The highest BCUT2D eigenvalue weighted by Crippen LogP contribution is 2.32. The fraction of sp³-hybridized carbons (Fsp3) is 0.310. The van der Waals surface area contributed by atoms with E-state index in [1.165, 1.54) is 11.1 Å². The first-order chi connectivity index (χ1) is 17.3. The molecule has 2 aromatic heterocycles. The molecule has 4 aromatic rings. The molecule has 2 heterocycles. The first kappa shape index (κ1) is 23.7. The number of fused-ring (bicyclic) bond motifs is 1. The van der Waals surface area contributed by atoms with Gasteiger partial charge in [0.1, 0.15) is 5.82 Å². The van der Waals surface area contributed by atoms with Crippen molar-refractivity contribution in [2.75, 3.05) is 0 Å². The van der Waals surface area contributed by atoms with Gasteiger partial charge in [0.2, 0.25) is 0 Å². The summed E-state index contributed by atoms with van der Waals surface area (Å²) in [6.07, 6.45) is 7.26. The van der Waals surface area contributed by atoms with Crippen molar-refractivity contribution in [1.82, 2.24) is 14.2 Å². The first-order valence-corrected chi connectivity index (χ1v) is 12.4. The van der Waals surface area contributed by atoms with Crippen LogP contribution in [0.3, 0.4) is 0 Å². The number of carboxylic acids is 1. The molecule has 1 fully saturated rings. The molecule has 1 aliphatic carbocycles. The molecule has 0 atom stereocenters. The summed E-state index contributed by atoms with van der Waals surface area (Å²) in [7, 11) is 0. The molecule has 36 heavy (non-hydrogen) atoms. The van der Waals surface area contributed by atoms with E-state index in [1.54, 1.807) is 24.4 Å². The van der Waals surface area contributed by atoms with Crippen molar-refractivity contribution >= 4 is 23.1 Å². The van der Waals surface area contributed by atoms with Crippen LogP contribution >= 0.6 is 0 Å². The van der Waals surface area contributed by atoms with Crippen LogP contribution in [0.4, 0.5) is 0 Å². The summed E-state index contributed by atoms with van der Waals surface area (Å²) in [5, 5.41) is 14.6. The average Bonchev–Trinajstić information content (AvgIpc) is 3.16. The van der Waals surface area contributed by atoms with Gasteiger partial charge in [0, 0.05) is 28.6 Å². The third-order valence-electron chi connectivity index (χ3n) is 7.22. The molecule has 5 rings (SSSR count). The summed E-state index contributed by atoms with van der Waals surface area (Å²) >= 11 is 0. The van der Waals surface area contributed by atoms with Crippen molar-refractivity contribution in [1.29, 1.82) is 0 Å². The van der Waals surface area contributed by atoms with Crippen LogP contribution in [-0.4, -0.2) is 31.5 Å². The van der Waals surface area contributed by atoms with E-state index in [-0.39, 0.29) is 17.0 Å². The largest absolute Gasteiger partial charge is 0.478 e. The molecule has 0 aliphatic heterocycles. The van der Waals surface area contributed by atoms with Crippen molar-refractivity contribution < 1.29 is 9.90 Å². The summed E-state index contributed by atoms with van der Waals surface area (Å²) in [4.78, 5) is 29.7. The normalized spacial score (nSPS) is 14.6. The molecule has 0 spiro atoms. The van der Waals surface area contributed by atoms with Crippen LogP contribution in [0, 0.1) is 20.8 Å². The van der Waals surface area contributed by atoms with Crippen LogP contribution in [-0.2, 0) is 0 Å². The van der Waals surface area contributed by atoms with E-state index in [4.69, 9.17) is 10.1 Å². The number of carboxylic acid groups (broad SMARTS) is 1. The minimum atomic E-state index is -0.943. The number of benzene rings is 2. The topological polar surface area (TPSA) is 89.5 Å². The van der Waals surface area contributed by atoms with E-state index in [1.807, 2.05) is 51.1 Å². The maximum Gasteiger partial charge on any atom is 0.335 e. The lowest BCUT2D eigenvalue weighted by Crippen LogP contribution is -2.25. The fourth-order valence-corrected chi connectivity index (χ4v) is 5.33. The van der Waals surface area contributed by atoms with Crippen LogP contribution in [0.2, 0.25) is 0 Å². The number of para-hydroxylation sites is 1. The highest BCUT2D eigenvalue weighted by Gasteiger charge is 2.22. The maximum absolute atomic E-state index is 13.5. The molecule has 184 valence electrons. The summed E-state index contributed by atoms with van der Waals surface area (Å²) in [6, 6.07) is 14.6. The van der Waals surface area contributed by atoms with Gasteiger partial charge in [-0.25, -0.2) is 9.78 Å². The average molecular weight is 483 g/mol. The predicted molar refractivity (Wildman–Crippen MR) is 142 cm³/mol. The number of aromatic carboxylic acids is 1. The second kappa shape index (κ2) is 9.57. The Balaban J connectivity index is 1.59. The zero-order valence-electron chi connectivity index (χ0n) is 20.9. The molecule has 0 bridgehead atoms. The number of hydrogen-bond acceptors (Lipinski definition) is 4. The number of nitrogens with zero attached hydrogens (tertiary/aromatic N) is 4. The van der Waals surface area contributed by atoms with Crippen molar-refractivity contribution in [3.05, 3.63) is 92.8 Å². The lowest BCUT2D eigenvalue weighted by molar-refractivity contribution is 0.0697. The van der Waals surface area contributed by atoms with Gasteiger partial charge in [0.05, 0.1) is 22.7 Å². The van der Waals surface area contributed by atoms with Crippen molar-refractivity contribution in [3.8, 4) is 5.69 Å². The molecule has 0 radical (unpaired) electrons. The SMILES string of the molecule is Cc1cc(C(=O)O)ccc1-n1c(C)cc(C=Nn2c(C3CCCCC3)nc3ccccc3c2=O)c1C. The van der Waals surface area contributed by atoms with Crippen LogP contribution in [0.25, 0.3) is 16.6 Å².